The Kier molecular flexibility index (Phi) is 5.23. The van der Waals surface area contributed by atoms with Crippen molar-refractivity contribution in [3.8, 4) is 5.75 Å². The molecule has 3 heteroatoms. The minimum absolute atomic E-state index is 0.794. The fourth-order valence-corrected chi connectivity index (χ4v) is 2.43. The second-order valence-electron chi connectivity index (χ2n) is 5.31. The molecule has 1 aromatic carbocycles. The number of rotatable bonds is 5. The minimum atomic E-state index is 0.794. The molecule has 106 valence electrons. The molecule has 1 aliphatic rings. The third kappa shape index (κ3) is 3.95. The van der Waals surface area contributed by atoms with Crippen LogP contribution in [0.3, 0.4) is 0 Å². The van der Waals surface area contributed by atoms with Crippen LogP contribution in [-0.2, 0) is 4.74 Å². The summed E-state index contributed by atoms with van der Waals surface area (Å²) in [6, 6.07) is 4.30. The number of benzene rings is 1. The molecule has 1 saturated heterocycles. The highest BCUT2D eigenvalue weighted by Crippen LogP contribution is 2.25. The smallest absolute Gasteiger partial charge is 0.125 e. The van der Waals surface area contributed by atoms with E-state index in [-0.39, 0.29) is 0 Å². The summed E-state index contributed by atoms with van der Waals surface area (Å²) in [5, 5.41) is 0. The Hall–Kier alpha value is -1.06. The number of nitrogens with zero attached hydrogens (tertiary/aromatic N) is 1. The lowest BCUT2D eigenvalue weighted by Gasteiger charge is -2.26. The van der Waals surface area contributed by atoms with E-state index in [0.29, 0.717) is 0 Å². The van der Waals surface area contributed by atoms with Crippen LogP contribution in [0.4, 0.5) is 0 Å². The molecule has 0 aliphatic carbocycles. The van der Waals surface area contributed by atoms with Crippen molar-refractivity contribution in [2.24, 2.45) is 0 Å². The van der Waals surface area contributed by atoms with E-state index in [4.69, 9.17) is 9.47 Å². The Morgan fingerprint density at radius 2 is 1.79 bits per heavy atom. The molecule has 3 nitrogen and oxygen atoms in total. The van der Waals surface area contributed by atoms with Crippen molar-refractivity contribution < 1.29 is 9.47 Å². The summed E-state index contributed by atoms with van der Waals surface area (Å²) < 4.78 is 11.3. The van der Waals surface area contributed by atoms with Crippen molar-refractivity contribution in [3.05, 3.63) is 28.8 Å². The van der Waals surface area contributed by atoms with Crippen LogP contribution in [0, 0.1) is 20.8 Å². The van der Waals surface area contributed by atoms with E-state index >= 15 is 0 Å². The van der Waals surface area contributed by atoms with E-state index in [2.05, 4.69) is 37.8 Å². The molecule has 0 unspecified atom stereocenters. The average Bonchev–Trinajstić information content (AvgIpc) is 2.43. The number of ether oxygens (including phenoxy) is 2. The number of hydrogen-bond donors (Lipinski definition) is 0. The van der Waals surface area contributed by atoms with Crippen LogP contribution < -0.4 is 4.74 Å². The second kappa shape index (κ2) is 6.92. The summed E-state index contributed by atoms with van der Waals surface area (Å²) in [6.07, 6.45) is 1.08. The number of hydrogen-bond acceptors (Lipinski definition) is 3. The molecule has 19 heavy (non-hydrogen) atoms. The van der Waals surface area contributed by atoms with Gasteiger partial charge in [-0.05, 0) is 43.9 Å². The maximum absolute atomic E-state index is 5.98. The Balaban J connectivity index is 1.77. The van der Waals surface area contributed by atoms with Crippen molar-refractivity contribution in [2.75, 3.05) is 39.5 Å². The first-order chi connectivity index (χ1) is 9.18. The Morgan fingerprint density at radius 3 is 2.53 bits per heavy atom. The highest BCUT2D eigenvalue weighted by atomic mass is 16.5. The van der Waals surface area contributed by atoms with E-state index in [9.17, 15) is 0 Å². The SMILES string of the molecule is Cc1ccc(C)c(OCCCN2CCOCC2)c1C. The van der Waals surface area contributed by atoms with E-state index in [0.717, 1.165) is 51.6 Å². The maximum Gasteiger partial charge on any atom is 0.125 e. The van der Waals surface area contributed by atoms with Gasteiger partial charge in [-0.2, -0.15) is 0 Å². The third-order valence-electron chi connectivity index (χ3n) is 3.84. The molecule has 0 N–H and O–H groups in total. The van der Waals surface area contributed by atoms with Crippen LogP contribution in [0.2, 0.25) is 0 Å². The van der Waals surface area contributed by atoms with Gasteiger partial charge in [-0.1, -0.05) is 12.1 Å². The fraction of sp³-hybridized carbons (Fsp3) is 0.625. The van der Waals surface area contributed by atoms with Gasteiger partial charge >= 0.3 is 0 Å². The molecule has 1 heterocycles. The Bertz CT molecular complexity index is 411. The summed E-state index contributed by atoms with van der Waals surface area (Å²) in [5.74, 6) is 1.07. The predicted molar refractivity (Wildman–Crippen MR) is 78.0 cm³/mol. The summed E-state index contributed by atoms with van der Waals surface area (Å²) in [7, 11) is 0. The molecule has 0 radical (unpaired) electrons. The van der Waals surface area contributed by atoms with Gasteiger partial charge in [0.05, 0.1) is 19.8 Å². The molecular formula is C16H25NO2. The van der Waals surface area contributed by atoms with Gasteiger partial charge in [0.15, 0.2) is 0 Å². The molecule has 0 saturated carbocycles. The van der Waals surface area contributed by atoms with E-state index < -0.39 is 0 Å². The average molecular weight is 263 g/mol. The molecule has 0 spiro atoms. The molecule has 1 aromatic rings. The van der Waals surface area contributed by atoms with Crippen LogP contribution in [0.15, 0.2) is 12.1 Å². The lowest BCUT2D eigenvalue weighted by molar-refractivity contribution is 0.0357. The second-order valence-corrected chi connectivity index (χ2v) is 5.31. The monoisotopic (exact) mass is 263 g/mol. The van der Waals surface area contributed by atoms with Gasteiger partial charge in [0.25, 0.3) is 0 Å². The van der Waals surface area contributed by atoms with Gasteiger partial charge in [-0.25, -0.2) is 0 Å². The Morgan fingerprint density at radius 1 is 1.11 bits per heavy atom. The maximum atomic E-state index is 5.98. The molecule has 2 rings (SSSR count). The predicted octanol–water partition coefficient (Wildman–Crippen LogP) is 2.71. The summed E-state index contributed by atoms with van der Waals surface area (Å²) in [4.78, 5) is 2.45. The first-order valence-electron chi connectivity index (χ1n) is 7.18. The van der Waals surface area contributed by atoms with Crippen LogP contribution in [0.25, 0.3) is 0 Å². The van der Waals surface area contributed by atoms with Crippen molar-refractivity contribution >= 4 is 0 Å². The summed E-state index contributed by atoms with van der Waals surface area (Å²) in [6.45, 7) is 12.1. The largest absolute Gasteiger partial charge is 0.493 e. The zero-order chi connectivity index (χ0) is 13.7. The van der Waals surface area contributed by atoms with Gasteiger partial charge in [0.2, 0.25) is 0 Å². The van der Waals surface area contributed by atoms with Crippen molar-refractivity contribution in [1.29, 1.82) is 0 Å². The number of aryl methyl sites for hydroxylation is 2. The van der Waals surface area contributed by atoms with Crippen molar-refractivity contribution in [1.82, 2.24) is 4.90 Å². The van der Waals surface area contributed by atoms with Crippen LogP contribution in [0.1, 0.15) is 23.1 Å². The lowest BCUT2D eigenvalue weighted by atomic mass is 10.1. The summed E-state index contributed by atoms with van der Waals surface area (Å²) in [5.41, 5.74) is 3.80. The third-order valence-corrected chi connectivity index (χ3v) is 3.84. The van der Waals surface area contributed by atoms with Gasteiger partial charge in [0.1, 0.15) is 5.75 Å². The van der Waals surface area contributed by atoms with Crippen LogP contribution in [0.5, 0.6) is 5.75 Å². The zero-order valence-corrected chi connectivity index (χ0v) is 12.4. The lowest BCUT2D eigenvalue weighted by Crippen LogP contribution is -2.37. The van der Waals surface area contributed by atoms with Crippen molar-refractivity contribution in [2.45, 2.75) is 27.2 Å². The van der Waals surface area contributed by atoms with Crippen LogP contribution >= 0.6 is 0 Å². The van der Waals surface area contributed by atoms with Gasteiger partial charge in [-0.3, -0.25) is 4.90 Å². The molecule has 0 atom stereocenters. The first-order valence-corrected chi connectivity index (χ1v) is 7.18. The highest BCUT2D eigenvalue weighted by molar-refractivity contribution is 5.44. The van der Waals surface area contributed by atoms with Gasteiger partial charge in [-0.15, -0.1) is 0 Å². The standard InChI is InChI=1S/C16H25NO2/c1-13-5-6-14(2)16(15(13)3)19-10-4-7-17-8-11-18-12-9-17/h5-6H,4,7-12H2,1-3H3. The summed E-state index contributed by atoms with van der Waals surface area (Å²) >= 11 is 0. The normalized spacial score (nSPS) is 16.6. The van der Waals surface area contributed by atoms with Gasteiger partial charge in [0, 0.05) is 19.6 Å². The van der Waals surface area contributed by atoms with Crippen molar-refractivity contribution in [3.63, 3.8) is 0 Å². The Labute approximate surface area is 116 Å². The molecule has 0 amide bonds. The molecule has 1 fully saturated rings. The first kappa shape index (κ1) is 14.4. The molecular weight excluding hydrogens is 238 g/mol. The van der Waals surface area contributed by atoms with E-state index in [1.54, 1.807) is 0 Å². The molecule has 0 aromatic heterocycles. The molecule has 0 bridgehead atoms. The fourth-order valence-electron chi connectivity index (χ4n) is 2.43. The molecule has 1 aliphatic heterocycles. The topological polar surface area (TPSA) is 21.7 Å². The van der Waals surface area contributed by atoms with Gasteiger partial charge < -0.3 is 9.47 Å². The van der Waals surface area contributed by atoms with E-state index in [1.165, 1.54) is 16.7 Å². The highest BCUT2D eigenvalue weighted by Gasteiger charge is 2.10. The quantitative estimate of drug-likeness (QED) is 0.762. The van der Waals surface area contributed by atoms with Crippen LogP contribution in [-0.4, -0.2) is 44.4 Å². The van der Waals surface area contributed by atoms with E-state index in [1.807, 2.05) is 0 Å². The zero-order valence-electron chi connectivity index (χ0n) is 12.4. The number of morpholine rings is 1. The minimum Gasteiger partial charge on any atom is -0.493 e.